The molecule has 3 rings (SSSR count). The molecule has 1 heterocycles. The van der Waals surface area contributed by atoms with Crippen molar-refractivity contribution in [3.8, 4) is 0 Å². The minimum Gasteiger partial charge on any atom is -0.295 e. The average Bonchev–Trinajstić information content (AvgIpc) is 2.69. The van der Waals surface area contributed by atoms with Crippen molar-refractivity contribution in [1.29, 1.82) is 0 Å². The molecule has 0 saturated carbocycles. The van der Waals surface area contributed by atoms with Crippen molar-refractivity contribution >= 4 is 10.0 Å². The summed E-state index contributed by atoms with van der Waals surface area (Å²) in [6, 6.07) is 16.4. The molecule has 0 spiro atoms. The van der Waals surface area contributed by atoms with Crippen LogP contribution >= 0.6 is 0 Å². The van der Waals surface area contributed by atoms with Crippen molar-refractivity contribution in [2.75, 3.05) is 25.4 Å². The average molecular weight is 391 g/mol. The largest absolute Gasteiger partial charge is 0.295 e. The van der Waals surface area contributed by atoms with Crippen molar-refractivity contribution in [3.63, 3.8) is 0 Å². The summed E-state index contributed by atoms with van der Waals surface area (Å²) in [5.74, 6) is -0.474. The first-order valence-corrected chi connectivity index (χ1v) is 11.2. The second kappa shape index (κ2) is 9.44. The zero-order chi connectivity index (χ0) is 19.1. The summed E-state index contributed by atoms with van der Waals surface area (Å²) in [5, 5.41) is 0. The number of aryl methyl sites for hydroxylation is 1. The number of sulfonamides is 1. The van der Waals surface area contributed by atoms with Gasteiger partial charge in [-0.15, -0.1) is 0 Å². The molecule has 0 aliphatic carbocycles. The highest BCUT2D eigenvalue weighted by Crippen LogP contribution is 2.24. The molecule has 1 aliphatic rings. The number of nitrogens with zero attached hydrogens (tertiary/aromatic N) is 1. The Balaban J connectivity index is 1.64. The van der Waals surface area contributed by atoms with Gasteiger partial charge in [-0.25, -0.2) is 17.5 Å². The highest BCUT2D eigenvalue weighted by Gasteiger charge is 2.24. The van der Waals surface area contributed by atoms with Crippen molar-refractivity contribution < 1.29 is 12.8 Å². The number of benzene rings is 2. The van der Waals surface area contributed by atoms with Crippen LogP contribution < -0.4 is 4.72 Å². The van der Waals surface area contributed by atoms with E-state index in [9.17, 15) is 12.8 Å². The van der Waals surface area contributed by atoms with E-state index in [4.69, 9.17) is 0 Å². The molecule has 4 nitrogen and oxygen atoms in total. The van der Waals surface area contributed by atoms with Gasteiger partial charge in [-0.05, 0) is 49.5 Å². The Bertz CT molecular complexity index is 821. The van der Waals surface area contributed by atoms with Crippen LogP contribution in [0.3, 0.4) is 0 Å². The summed E-state index contributed by atoms with van der Waals surface area (Å²) < 4.78 is 41.4. The molecular formula is C21H27FN2O2S. The smallest absolute Gasteiger partial charge is 0.211 e. The van der Waals surface area contributed by atoms with Gasteiger partial charge in [-0.1, -0.05) is 55.0 Å². The van der Waals surface area contributed by atoms with Gasteiger partial charge in [-0.3, -0.25) is 4.90 Å². The standard InChI is InChI=1S/C21H27FN2O2S/c22-20-12-6-5-9-18(20)13-16-27(25,26)23-17-21(19-10-3-1-4-11-19)24-14-7-2-8-15-24/h1,3-6,9-12,21,23H,2,7-8,13-17H2. The SMILES string of the molecule is O=S(=O)(CCc1ccccc1F)NCC(c1ccccc1)N1CCCCC1. The number of piperidine rings is 1. The van der Waals surface area contributed by atoms with Crippen LogP contribution in [0.25, 0.3) is 0 Å². The fourth-order valence-corrected chi connectivity index (χ4v) is 4.63. The molecule has 0 amide bonds. The lowest BCUT2D eigenvalue weighted by Crippen LogP contribution is -2.41. The highest BCUT2D eigenvalue weighted by molar-refractivity contribution is 7.89. The third-order valence-corrected chi connectivity index (χ3v) is 6.46. The molecule has 2 aromatic rings. The Morgan fingerprint density at radius 1 is 0.963 bits per heavy atom. The van der Waals surface area contributed by atoms with Gasteiger partial charge in [0.15, 0.2) is 0 Å². The van der Waals surface area contributed by atoms with Crippen LogP contribution in [0.2, 0.25) is 0 Å². The summed E-state index contributed by atoms with van der Waals surface area (Å²) >= 11 is 0. The molecule has 0 aromatic heterocycles. The molecule has 2 aromatic carbocycles. The zero-order valence-corrected chi connectivity index (χ0v) is 16.3. The van der Waals surface area contributed by atoms with Gasteiger partial charge in [0.1, 0.15) is 5.82 Å². The van der Waals surface area contributed by atoms with Crippen LogP contribution in [0.4, 0.5) is 4.39 Å². The van der Waals surface area contributed by atoms with Gasteiger partial charge >= 0.3 is 0 Å². The highest BCUT2D eigenvalue weighted by atomic mass is 32.2. The maximum atomic E-state index is 13.7. The van der Waals surface area contributed by atoms with E-state index in [1.807, 2.05) is 30.3 Å². The van der Waals surface area contributed by atoms with Crippen LogP contribution in [0, 0.1) is 5.82 Å². The molecule has 1 atom stereocenters. The van der Waals surface area contributed by atoms with Crippen LogP contribution in [0.5, 0.6) is 0 Å². The summed E-state index contributed by atoms with van der Waals surface area (Å²) in [7, 11) is -3.48. The van der Waals surface area contributed by atoms with Crippen LogP contribution in [-0.2, 0) is 16.4 Å². The fourth-order valence-electron chi connectivity index (χ4n) is 3.59. The Kier molecular flexibility index (Phi) is 6.99. The lowest BCUT2D eigenvalue weighted by atomic mass is 10.0. The van der Waals surface area contributed by atoms with E-state index in [1.165, 1.54) is 12.5 Å². The first kappa shape index (κ1) is 20.0. The molecule has 1 N–H and O–H groups in total. The van der Waals surface area contributed by atoms with Crippen LogP contribution in [0.15, 0.2) is 54.6 Å². The summed E-state index contributed by atoms with van der Waals surface area (Å²) in [5.41, 5.74) is 1.55. The molecule has 146 valence electrons. The van der Waals surface area contributed by atoms with Crippen LogP contribution in [-0.4, -0.2) is 38.7 Å². The normalized spacial score (nSPS) is 16.9. The van der Waals surface area contributed by atoms with Gasteiger partial charge in [0.25, 0.3) is 0 Å². The van der Waals surface area contributed by atoms with E-state index in [-0.39, 0.29) is 24.0 Å². The molecule has 0 bridgehead atoms. The quantitative estimate of drug-likeness (QED) is 0.750. The van der Waals surface area contributed by atoms with Crippen molar-refractivity contribution in [2.45, 2.75) is 31.7 Å². The zero-order valence-electron chi connectivity index (χ0n) is 15.5. The van der Waals surface area contributed by atoms with E-state index in [2.05, 4.69) is 9.62 Å². The summed E-state index contributed by atoms with van der Waals surface area (Å²) in [4.78, 5) is 2.36. The van der Waals surface area contributed by atoms with Crippen molar-refractivity contribution in [1.82, 2.24) is 9.62 Å². The van der Waals surface area contributed by atoms with Gasteiger partial charge < -0.3 is 0 Å². The monoisotopic (exact) mass is 390 g/mol. The van der Waals surface area contributed by atoms with Gasteiger partial charge in [-0.2, -0.15) is 0 Å². The summed E-state index contributed by atoms with van der Waals surface area (Å²) in [6.07, 6.45) is 3.68. The molecule has 1 unspecified atom stereocenters. The van der Waals surface area contributed by atoms with E-state index < -0.39 is 10.0 Å². The Morgan fingerprint density at radius 3 is 2.33 bits per heavy atom. The lowest BCUT2D eigenvalue weighted by molar-refractivity contribution is 0.164. The first-order valence-electron chi connectivity index (χ1n) is 9.55. The molecular weight excluding hydrogens is 363 g/mol. The number of hydrogen-bond donors (Lipinski definition) is 1. The summed E-state index contributed by atoms with van der Waals surface area (Å²) in [6.45, 7) is 2.30. The fraction of sp³-hybridized carbons (Fsp3) is 0.429. The van der Waals surface area contributed by atoms with Crippen molar-refractivity contribution in [3.05, 3.63) is 71.5 Å². The maximum absolute atomic E-state index is 13.7. The number of rotatable bonds is 8. The van der Waals surface area contributed by atoms with E-state index in [0.717, 1.165) is 31.5 Å². The molecule has 0 radical (unpaired) electrons. The number of likely N-dealkylation sites (tertiary alicyclic amines) is 1. The minimum atomic E-state index is -3.48. The predicted octanol–water partition coefficient (Wildman–Crippen LogP) is 3.51. The molecule has 1 aliphatic heterocycles. The topological polar surface area (TPSA) is 49.4 Å². The molecule has 6 heteroatoms. The lowest BCUT2D eigenvalue weighted by Gasteiger charge is -2.35. The van der Waals surface area contributed by atoms with E-state index >= 15 is 0 Å². The Morgan fingerprint density at radius 2 is 1.63 bits per heavy atom. The molecule has 1 fully saturated rings. The van der Waals surface area contributed by atoms with Crippen LogP contribution in [0.1, 0.15) is 36.4 Å². The van der Waals surface area contributed by atoms with Gasteiger partial charge in [0.2, 0.25) is 10.0 Å². The Hall–Kier alpha value is -1.76. The van der Waals surface area contributed by atoms with Gasteiger partial charge in [0, 0.05) is 12.6 Å². The molecule has 1 saturated heterocycles. The van der Waals surface area contributed by atoms with Crippen molar-refractivity contribution in [2.24, 2.45) is 0 Å². The maximum Gasteiger partial charge on any atom is 0.211 e. The van der Waals surface area contributed by atoms with Gasteiger partial charge in [0.05, 0.1) is 5.75 Å². The number of hydrogen-bond acceptors (Lipinski definition) is 3. The predicted molar refractivity (Wildman–Crippen MR) is 107 cm³/mol. The minimum absolute atomic E-state index is 0.0229. The molecule has 27 heavy (non-hydrogen) atoms. The third-order valence-electron chi connectivity index (χ3n) is 5.11. The van der Waals surface area contributed by atoms with E-state index in [1.54, 1.807) is 18.2 Å². The number of nitrogens with one attached hydrogen (secondary N) is 1. The second-order valence-electron chi connectivity index (χ2n) is 7.03. The Labute approximate surface area is 161 Å². The second-order valence-corrected chi connectivity index (χ2v) is 8.96. The van der Waals surface area contributed by atoms with E-state index in [0.29, 0.717) is 12.1 Å². The third kappa shape index (κ3) is 5.86. The number of halogens is 1. The first-order chi connectivity index (χ1) is 13.1.